The first-order valence-electron chi connectivity index (χ1n) is 8.59. The molecule has 0 amide bonds. The second kappa shape index (κ2) is 7.00. The summed E-state index contributed by atoms with van der Waals surface area (Å²) in [6.07, 6.45) is 1.05. The highest BCUT2D eigenvalue weighted by atomic mass is 32.1. The Morgan fingerprint density at radius 3 is 2.69 bits per heavy atom. The van der Waals surface area contributed by atoms with Crippen LogP contribution in [0.1, 0.15) is 22.8 Å². The Morgan fingerprint density at radius 2 is 1.97 bits per heavy atom. The van der Waals surface area contributed by atoms with Crippen LogP contribution >= 0.6 is 11.3 Å². The van der Waals surface area contributed by atoms with E-state index >= 15 is 0 Å². The monoisotopic (exact) mass is 418 g/mol. The van der Waals surface area contributed by atoms with E-state index in [1.807, 2.05) is 19.1 Å². The fourth-order valence-electron chi connectivity index (χ4n) is 3.02. The van der Waals surface area contributed by atoms with E-state index in [1.165, 1.54) is 0 Å². The van der Waals surface area contributed by atoms with Crippen LogP contribution in [0.3, 0.4) is 0 Å². The number of esters is 1. The predicted molar refractivity (Wildman–Crippen MR) is 103 cm³/mol. The van der Waals surface area contributed by atoms with E-state index < -0.39 is 45.3 Å². The fourth-order valence-corrected chi connectivity index (χ4v) is 4.07. The van der Waals surface area contributed by atoms with Crippen molar-refractivity contribution in [3.63, 3.8) is 0 Å². The average molecular weight is 418 g/mol. The molecule has 4 aromatic rings. The van der Waals surface area contributed by atoms with Gasteiger partial charge >= 0.3 is 5.97 Å². The van der Waals surface area contributed by atoms with Crippen LogP contribution in [0.2, 0.25) is 0 Å². The molecule has 29 heavy (non-hydrogen) atoms. The number of fused-ring (bicyclic) bond motifs is 2. The first kappa shape index (κ1) is 19.1. The molecule has 2 aromatic heterocycles. The Kier molecular flexibility index (Phi) is 4.62. The van der Waals surface area contributed by atoms with E-state index in [9.17, 15) is 22.8 Å². The molecule has 0 saturated carbocycles. The Labute approximate surface area is 166 Å². The number of thiazole rings is 1. The average Bonchev–Trinajstić information content (AvgIpc) is 3.10. The van der Waals surface area contributed by atoms with Gasteiger partial charge in [0.1, 0.15) is 5.56 Å². The third-order valence-electron chi connectivity index (χ3n) is 4.36. The number of ether oxygens (including phenoxy) is 1. The molecular formula is C20H13F3N2O3S. The van der Waals surface area contributed by atoms with Crippen LogP contribution < -0.4 is 5.43 Å². The number of rotatable bonds is 3. The second-order valence-corrected chi connectivity index (χ2v) is 7.32. The van der Waals surface area contributed by atoms with Crippen molar-refractivity contribution < 1.29 is 22.7 Å². The minimum atomic E-state index is -1.72. The molecule has 9 heteroatoms. The van der Waals surface area contributed by atoms with Crippen LogP contribution in [0.25, 0.3) is 26.3 Å². The normalized spacial score (nSPS) is 11.3. The molecule has 0 aliphatic carbocycles. The highest BCUT2D eigenvalue weighted by Crippen LogP contribution is 2.30. The minimum absolute atomic E-state index is 0.00284. The summed E-state index contributed by atoms with van der Waals surface area (Å²) >= 11 is 1.15. The van der Waals surface area contributed by atoms with Crippen molar-refractivity contribution in [3.05, 3.63) is 69.3 Å². The van der Waals surface area contributed by atoms with Gasteiger partial charge in [0.15, 0.2) is 22.6 Å². The highest BCUT2D eigenvalue weighted by molar-refractivity contribution is 7.20. The summed E-state index contributed by atoms with van der Waals surface area (Å²) in [7, 11) is 0. The Bertz CT molecular complexity index is 1360. The molecule has 0 aliphatic heterocycles. The van der Waals surface area contributed by atoms with Gasteiger partial charge in [0, 0.05) is 6.20 Å². The molecule has 2 aromatic carbocycles. The van der Waals surface area contributed by atoms with Crippen molar-refractivity contribution in [1.82, 2.24) is 9.55 Å². The zero-order valence-corrected chi connectivity index (χ0v) is 16.1. The zero-order valence-electron chi connectivity index (χ0n) is 15.3. The molecule has 0 bridgehead atoms. The number of aromatic nitrogens is 2. The molecule has 0 N–H and O–H groups in total. The molecule has 0 aliphatic rings. The van der Waals surface area contributed by atoms with Gasteiger partial charge in [-0.3, -0.25) is 9.36 Å². The summed E-state index contributed by atoms with van der Waals surface area (Å²) in [4.78, 5) is 29.3. The topological polar surface area (TPSA) is 61.2 Å². The summed E-state index contributed by atoms with van der Waals surface area (Å²) in [5.74, 6) is -5.73. The molecule has 5 nitrogen and oxygen atoms in total. The van der Waals surface area contributed by atoms with Crippen LogP contribution in [-0.2, 0) is 4.74 Å². The van der Waals surface area contributed by atoms with Crippen LogP contribution in [0, 0.1) is 24.4 Å². The van der Waals surface area contributed by atoms with Gasteiger partial charge in [-0.15, -0.1) is 0 Å². The lowest BCUT2D eigenvalue weighted by Crippen LogP contribution is -2.21. The maximum atomic E-state index is 14.7. The highest BCUT2D eigenvalue weighted by Gasteiger charge is 2.24. The minimum Gasteiger partial charge on any atom is -0.462 e. The van der Waals surface area contributed by atoms with Crippen LogP contribution in [-0.4, -0.2) is 22.1 Å². The van der Waals surface area contributed by atoms with Crippen molar-refractivity contribution in [1.29, 1.82) is 0 Å². The Morgan fingerprint density at radius 1 is 1.21 bits per heavy atom. The van der Waals surface area contributed by atoms with E-state index in [0.29, 0.717) is 11.6 Å². The third kappa shape index (κ3) is 3.07. The predicted octanol–water partition coefficient (Wildman–Crippen LogP) is 4.50. The summed E-state index contributed by atoms with van der Waals surface area (Å²) < 4.78 is 49.2. The second-order valence-electron chi connectivity index (χ2n) is 6.31. The molecular weight excluding hydrogens is 405 g/mol. The van der Waals surface area contributed by atoms with E-state index in [2.05, 4.69) is 4.98 Å². The van der Waals surface area contributed by atoms with E-state index in [1.54, 1.807) is 13.0 Å². The van der Waals surface area contributed by atoms with Crippen LogP contribution in [0.5, 0.6) is 0 Å². The summed E-state index contributed by atoms with van der Waals surface area (Å²) in [6.45, 7) is 3.45. The van der Waals surface area contributed by atoms with E-state index in [-0.39, 0.29) is 11.7 Å². The molecule has 2 heterocycles. The maximum Gasteiger partial charge on any atom is 0.343 e. The number of carbonyl (C=O) groups is 1. The Hall–Kier alpha value is -3.20. The molecule has 0 atom stereocenters. The number of hydrogen-bond donors (Lipinski definition) is 0. The molecule has 0 fully saturated rings. The number of halogens is 3. The molecule has 0 saturated heterocycles. The van der Waals surface area contributed by atoms with E-state index in [0.717, 1.165) is 32.4 Å². The van der Waals surface area contributed by atoms with Gasteiger partial charge in [0.2, 0.25) is 5.43 Å². The first-order valence-corrected chi connectivity index (χ1v) is 9.41. The number of carbonyl (C=O) groups excluding carboxylic acids is 1. The molecule has 0 radical (unpaired) electrons. The molecule has 4 rings (SSSR count). The van der Waals surface area contributed by atoms with Gasteiger partial charge in [-0.2, -0.15) is 0 Å². The SMILES string of the molecule is CCOC(=O)c1cn(-c2nc3ccc(C)cc3s2)c2c(F)c(F)c(F)cc2c1=O. The summed E-state index contributed by atoms with van der Waals surface area (Å²) in [5.41, 5.74) is -0.311. The van der Waals surface area contributed by atoms with E-state index in [4.69, 9.17) is 4.74 Å². The lowest BCUT2D eigenvalue weighted by molar-refractivity contribution is 0.0524. The fraction of sp³-hybridized carbons (Fsp3) is 0.150. The number of hydrogen-bond acceptors (Lipinski definition) is 5. The van der Waals surface area contributed by atoms with Crippen molar-refractivity contribution in [2.45, 2.75) is 13.8 Å². The summed E-state index contributed by atoms with van der Waals surface area (Å²) in [5, 5.41) is -0.298. The van der Waals surface area contributed by atoms with Crippen molar-refractivity contribution in [2.24, 2.45) is 0 Å². The maximum absolute atomic E-state index is 14.7. The van der Waals surface area contributed by atoms with Crippen molar-refractivity contribution in [3.8, 4) is 5.13 Å². The van der Waals surface area contributed by atoms with Crippen molar-refractivity contribution in [2.75, 3.05) is 6.61 Å². The number of aryl methyl sites for hydroxylation is 1. The Balaban J connectivity index is 2.12. The van der Waals surface area contributed by atoms with Gasteiger partial charge < -0.3 is 4.74 Å². The number of nitrogens with zero attached hydrogens (tertiary/aromatic N) is 2. The number of benzene rings is 2. The largest absolute Gasteiger partial charge is 0.462 e. The third-order valence-corrected chi connectivity index (χ3v) is 5.38. The zero-order chi connectivity index (χ0) is 20.9. The van der Waals surface area contributed by atoms with Crippen molar-refractivity contribution >= 4 is 38.4 Å². The van der Waals surface area contributed by atoms with Gasteiger partial charge in [-0.25, -0.2) is 22.9 Å². The quantitative estimate of drug-likeness (QED) is 0.363. The summed E-state index contributed by atoms with van der Waals surface area (Å²) in [6, 6.07) is 6.05. The first-order chi connectivity index (χ1) is 13.8. The van der Waals surface area contributed by atoms with Gasteiger partial charge in [-0.05, 0) is 37.6 Å². The molecule has 0 unspecified atom stereocenters. The van der Waals surface area contributed by atoms with Gasteiger partial charge in [0.05, 0.1) is 27.7 Å². The lowest BCUT2D eigenvalue weighted by atomic mass is 10.1. The molecule has 0 spiro atoms. The van der Waals surface area contributed by atoms with Crippen LogP contribution in [0.15, 0.2) is 35.3 Å². The van der Waals surface area contributed by atoms with Gasteiger partial charge in [0.25, 0.3) is 0 Å². The smallest absolute Gasteiger partial charge is 0.343 e. The standard InChI is InChI=1S/C20H13F3N2O3S/c1-3-28-19(27)11-8-25(20-24-13-5-4-9(2)6-14(13)29-20)17-10(18(11)26)7-12(21)15(22)16(17)23/h4-8H,3H2,1-2H3. The van der Waals surface area contributed by atoms with Gasteiger partial charge in [-0.1, -0.05) is 17.4 Å². The molecule has 148 valence electrons. The number of pyridine rings is 1. The van der Waals surface area contributed by atoms with Crippen LogP contribution in [0.4, 0.5) is 13.2 Å². The lowest BCUT2D eigenvalue weighted by Gasteiger charge is -2.12.